The number of nitrogens with zero attached hydrogens (tertiary/aromatic N) is 2. The van der Waals surface area contributed by atoms with Crippen molar-refractivity contribution in [3.8, 4) is 33.8 Å². The number of aliphatic hydroxyl groups is 1. The van der Waals surface area contributed by atoms with Crippen LogP contribution in [0.2, 0.25) is 0 Å². The zero-order chi connectivity index (χ0) is 48.1. The Balaban J connectivity index is 0.000000170. The average Bonchev–Trinajstić information content (AvgIpc) is 4.21. The summed E-state index contributed by atoms with van der Waals surface area (Å²) >= 11 is 0. The first-order chi connectivity index (χ1) is 32.4. The summed E-state index contributed by atoms with van der Waals surface area (Å²) in [6.45, 7) is 5.32. The van der Waals surface area contributed by atoms with E-state index in [2.05, 4.69) is 16.0 Å². The highest BCUT2D eigenvalue weighted by Crippen LogP contribution is 2.55. The maximum Gasteiger partial charge on any atom is 0.425 e. The van der Waals surface area contributed by atoms with E-state index >= 15 is 0 Å². The van der Waals surface area contributed by atoms with Gasteiger partial charge in [0.2, 0.25) is 0 Å². The van der Waals surface area contributed by atoms with Crippen molar-refractivity contribution in [1.29, 1.82) is 0 Å². The first-order valence-corrected chi connectivity index (χ1v) is 22.4. The van der Waals surface area contributed by atoms with Gasteiger partial charge in [-0.15, -0.1) is 0 Å². The summed E-state index contributed by atoms with van der Waals surface area (Å²) in [5, 5.41) is 10.1. The van der Waals surface area contributed by atoms with Gasteiger partial charge in [0.05, 0.1) is 28.2 Å². The van der Waals surface area contributed by atoms with Gasteiger partial charge in [-0.25, -0.2) is 9.97 Å². The van der Waals surface area contributed by atoms with Gasteiger partial charge < -0.3 is 24.5 Å². The number of ether oxygens (including phenoxy) is 2. The predicted octanol–water partition coefficient (Wildman–Crippen LogP) is 13.9. The van der Waals surface area contributed by atoms with Gasteiger partial charge in [0.1, 0.15) is 23.1 Å². The van der Waals surface area contributed by atoms with Crippen molar-refractivity contribution < 1.29 is 45.7 Å². The number of aromatic nitrogens is 4. The molecule has 3 N–H and O–H groups in total. The molecule has 2 fully saturated rings. The lowest BCUT2D eigenvalue weighted by Crippen LogP contribution is -2.31. The highest BCUT2D eigenvalue weighted by Gasteiger charge is 2.43. The molecule has 2 aliphatic rings. The largest absolute Gasteiger partial charge is 0.481 e. The number of hydrogen-bond donors (Lipinski definition) is 3. The number of ketones is 1. The molecule has 8 aromatic rings. The van der Waals surface area contributed by atoms with Gasteiger partial charge in [0, 0.05) is 17.4 Å². The van der Waals surface area contributed by atoms with Crippen molar-refractivity contribution in [3.05, 3.63) is 167 Å². The van der Waals surface area contributed by atoms with Gasteiger partial charge in [0.25, 0.3) is 0 Å². The minimum absolute atomic E-state index is 0.0195. The summed E-state index contributed by atoms with van der Waals surface area (Å²) in [6, 6.07) is 41.0. The minimum Gasteiger partial charge on any atom is -0.481 e. The van der Waals surface area contributed by atoms with E-state index in [0.29, 0.717) is 5.56 Å². The highest BCUT2D eigenvalue weighted by molar-refractivity contribution is 6.01. The number of H-pyrrole nitrogens is 2. The summed E-state index contributed by atoms with van der Waals surface area (Å²) in [4.78, 5) is 28.4. The summed E-state index contributed by atoms with van der Waals surface area (Å²) in [7, 11) is 0. The number of imidazole rings is 2. The van der Waals surface area contributed by atoms with Crippen molar-refractivity contribution >= 4 is 27.9 Å². The molecule has 14 heteroatoms. The van der Waals surface area contributed by atoms with Crippen LogP contribution in [0.4, 0.5) is 26.3 Å². The van der Waals surface area contributed by atoms with Gasteiger partial charge in [-0.2, -0.15) is 26.3 Å². The average molecular weight is 931 g/mol. The predicted molar refractivity (Wildman–Crippen MR) is 249 cm³/mol. The van der Waals surface area contributed by atoms with Crippen molar-refractivity contribution in [3.63, 3.8) is 0 Å². The second-order valence-electron chi connectivity index (χ2n) is 17.7. The van der Waals surface area contributed by atoms with Crippen molar-refractivity contribution in [2.45, 2.75) is 94.9 Å². The molecule has 68 heavy (non-hydrogen) atoms. The lowest BCUT2D eigenvalue weighted by atomic mass is 9.96. The second kappa shape index (κ2) is 18.3. The highest BCUT2D eigenvalue weighted by atomic mass is 19.4. The van der Waals surface area contributed by atoms with E-state index in [-0.39, 0.29) is 41.0 Å². The Kier molecular flexibility index (Phi) is 12.4. The molecule has 0 radical (unpaired) electrons. The van der Waals surface area contributed by atoms with Crippen LogP contribution in [0.1, 0.15) is 109 Å². The Morgan fingerprint density at radius 3 is 1.46 bits per heavy atom. The fraction of sp³-hybridized carbons (Fsp3) is 0.278. The molecule has 8 nitrogen and oxygen atoms in total. The molecule has 0 saturated heterocycles. The number of aliphatic hydroxyl groups excluding tert-OH is 1. The number of carbonyl (C=O) groups excluding carboxylic acids is 1. The number of Topliss-reactive ketones (excluding diaryl/α,β-unsaturated/α-hetero) is 1. The normalized spacial score (nSPS) is 19.2. The number of alkyl halides is 6. The number of hydrogen-bond acceptors (Lipinski definition) is 6. The quantitative estimate of drug-likeness (QED) is 0.0831. The van der Waals surface area contributed by atoms with Crippen LogP contribution in [0.5, 0.6) is 11.5 Å². The molecule has 350 valence electrons. The van der Waals surface area contributed by atoms with Crippen LogP contribution in [0.15, 0.2) is 133 Å². The van der Waals surface area contributed by atoms with E-state index in [1.165, 1.54) is 0 Å². The van der Waals surface area contributed by atoms with Crippen LogP contribution in [0.25, 0.3) is 44.3 Å². The monoisotopic (exact) mass is 930 g/mol. The third-order valence-corrected chi connectivity index (χ3v) is 12.8. The fourth-order valence-corrected chi connectivity index (χ4v) is 8.77. The van der Waals surface area contributed by atoms with E-state index < -0.39 is 30.7 Å². The molecule has 2 saturated carbocycles. The standard InChI is InChI=1S/C27H25F3N2O2.C27H23F3N2O2/c2*1-15(33)20-5-3-4-6-21(20)18-9-12-24-25(13-18)32-26(31-24)23-14-22(23)17-7-10-19(11-8-17)34-16(2)27(28,29)30/h3-13,15-16,22-23,33H,14H2,1-2H3,(H,31,32);3-13,16,22-23H,14H2,1-2H3,(H,31,32). The summed E-state index contributed by atoms with van der Waals surface area (Å²) in [5.41, 5.74) is 11.1. The topological polar surface area (TPSA) is 113 Å². The van der Waals surface area contributed by atoms with Crippen LogP contribution >= 0.6 is 0 Å². The third kappa shape index (κ3) is 10.0. The van der Waals surface area contributed by atoms with Gasteiger partial charge in [-0.3, -0.25) is 4.79 Å². The molecule has 7 unspecified atom stereocenters. The van der Waals surface area contributed by atoms with E-state index in [0.717, 1.165) is 99.3 Å². The Morgan fingerprint density at radius 2 is 1.01 bits per heavy atom. The number of aromatic amines is 2. The van der Waals surface area contributed by atoms with Gasteiger partial charge in [-0.1, -0.05) is 84.9 Å². The van der Waals surface area contributed by atoms with E-state index in [9.17, 15) is 36.2 Å². The third-order valence-electron chi connectivity index (χ3n) is 12.8. The Bertz CT molecular complexity index is 3090. The van der Waals surface area contributed by atoms with Crippen LogP contribution in [-0.4, -0.2) is 55.4 Å². The number of benzene rings is 6. The number of carbonyl (C=O) groups is 1. The number of fused-ring (bicyclic) bond motifs is 2. The van der Waals surface area contributed by atoms with Crippen molar-refractivity contribution in [2.75, 3.05) is 0 Å². The number of halogens is 6. The fourth-order valence-electron chi connectivity index (χ4n) is 8.77. The molecule has 7 atom stereocenters. The summed E-state index contributed by atoms with van der Waals surface area (Å²) < 4.78 is 86.2. The van der Waals surface area contributed by atoms with Gasteiger partial charge in [0.15, 0.2) is 18.0 Å². The molecule has 0 spiro atoms. The Morgan fingerprint density at radius 1 is 0.588 bits per heavy atom. The minimum atomic E-state index is -4.39. The molecule has 0 aliphatic heterocycles. The van der Waals surface area contributed by atoms with Crippen molar-refractivity contribution in [2.24, 2.45) is 0 Å². The van der Waals surface area contributed by atoms with Crippen LogP contribution < -0.4 is 9.47 Å². The van der Waals surface area contributed by atoms with Crippen molar-refractivity contribution in [1.82, 2.24) is 19.9 Å². The molecular formula is C54H48F6N4O4. The zero-order valence-electron chi connectivity index (χ0n) is 37.5. The van der Waals surface area contributed by atoms with Gasteiger partial charge >= 0.3 is 12.4 Å². The molecule has 2 heterocycles. The maximum atomic E-state index is 12.7. The van der Waals surface area contributed by atoms with E-state index in [4.69, 9.17) is 19.4 Å². The SMILES string of the molecule is CC(=O)c1ccccc1-c1ccc2nc(C3CC3c3ccc(OC(C)C(F)(F)F)cc3)[nH]c2c1.CC(O)c1ccccc1-c1ccc2nc(C3CC3c3ccc(OC(C)C(F)(F)F)cc3)[nH]c2c1. The molecule has 0 bridgehead atoms. The number of rotatable bonds is 12. The molecule has 10 rings (SSSR count). The zero-order valence-corrected chi connectivity index (χ0v) is 37.5. The van der Waals surface area contributed by atoms with Crippen LogP contribution in [0.3, 0.4) is 0 Å². The molecule has 6 aromatic carbocycles. The van der Waals surface area contributed by atoms with Crippen LogP contribution in [0, 0.1) is 0 Å². The first kappa shape index (κ1) is 46.2. The summed E-state index contributed by atoms with van der Waals surface area (Å²) in [5.74, 6) is 3.22. The second-order valence-corrected chi connectivity index (χ2v) is 17.7. The lowest BCUT2D eigenvalue weighted by Gasteiger charge is -2.17. The van der Waals surface area contributed by atoms with E-state index in [1.807, 2.05) is 103 Å². The molecule has 2 aliphatic carbocycles. The molecule has 2 aromatic heterocycles. The first-order valence-electron chi connectivity index (χ1n) is 22.4. The Hall–Kier alpha value is -6.93. The smallest absolute Gasteiger partial charge is 0.425 e. The van der Waals surface area contributed by atoms with Crippen LogP contribution in [-0.2, 0) is 0 Å². The van der Waals surface area contributed by atoms with E-state index in [1.54, 1.807) is 38.1 Å². The number of nitrogens with one attached hydrogen (secondary N) is 2. The molecule has 0 amide bonds. The lowest BCUT2D eigenvalue weighted by molar-refractivity contribution is -0.189. The molecular weight excluding hydrogens is 883 g/mol. The van der Waals surface area contributed by atoms with Gasteiger partial charge in [-0.05, 0) is 140 Å². The maximum absolute atomic E-state index is 12.7. The Labute approximate surface area is 388 Å². The summed E-state index contributed by atoms with van der Waals surface area (Å²) in [6.07, 6.45) is -11.2.